The maximum atomic E-state index is 13.1. The predicted molar refractivity (Wildman–Crippen MR) is 83.2 cm³/mol. The molecule has 0 aromatic heterocycles. The van der Waals surface area contributed by atoms with E-state index in [0.717, 1.165) is 5.56 Å². The van der Waals surface area contributed by atoms with Crippen LogP contribution in [0.15, 0.2) is 53.0 Å². The zero-order chi connectivity index (χ0) is 14.5. The first-order valence-corrected chi connectivity index (χ1v) is 6.91. The Labute approximate surface area is 129 Å². The molecule has 0 heterocycles. The van der Waals surface area contributed by atoms with E-state index in [0.29, 0.717) is 15.2 Å². The number of benzene rings is 2. The van der Waals surface area contributed by atoms with Gasteiger partial charge in [-0.05, 0) is 57.9 Å². The molecular weight excluding hydrogens is 345 g/mol. The summed E-state index contributed by atoms with van der Waals surface area (Å²) in [4.78, 5) is 11.7. The highest BCUT2D eigenvalue weighted by Gasteiger charge is 2.02. The summed E-state index contributed by atoms with van der Waals surface area (Å²) >= 11 is 8.83. The second-order valence-electron chi connectivity index (χ2n) is 4.00. The van der Waals surface area contributed by atoms with Gasteiger partial charge < -0.3 is 5.32 Å². The molecule has 2 aromatic rings. The Bertz CT molecular complexity index is 655. The second kappa shape index (κ2) is 6.68. The topological polar surface area (TPSA) is 29.1 Å². The van der Waals surface area contributed by atoms with Gasteiger partial charge in [-0.1, -0.05) is 23.7 Å². The summed E-state index contributed by atoms with van der Waals surface area (Å²) in [6.07, 6.45) is 3.07. The van der Waals surface area contributed by atoms with Gasteiger partial charge in [0.15, 0.2) is 0 Å². The van der Waals surface area contributed by atoms with Gasteiger partial charge in [0.2, 0.25) is 5.91 Å². The lowest BCUT2D eigenvalue weighted by molar-refractivity contribution is -0.111. The van der Waals surface area contributed by atoms with Crippen LogP contribution < -0.4 is 5.32 Å². The Morgan fingerprint density at radius 3 is 2.55 bits per heavy atom. The third-order valence-corrected chi connectivity index (χ3v) is 3.34. The van der Waals surface area contributed by atoms with Crippen LogP contribution in [0.5, 0.6) is 0 Å². The molecule has 5 heteroatoms. The molecule has 0 radical (unpaired) electrons. The van der Waals surface area contributed by atoms with Crippen molar-refractivity contribution in [1.29, 1.82) is 0 Å². The summed E-state index contributed by atoms with van der Waals surface area (Å²) in [5.41, 5.74) is 1.38. The maximum absolute atomic E-state index is 13.1. The molecule has 0 fully saturated rings. The van der Waals surface area contributed by atoms with Gasteiger partial charge in [0.05, 0.1) is 4.47 Å². The van der Waals surface area contributed by atoms with Crippen LogP contribution in [0.1, 0.15) is 5.56 Å². The van der Waals surface area contributed by atoms with Crippen molar-refractivity contribution in [2.75, 3.05) is 5.32 Å². The molecule has 1 N–H and O–H groups in total. The number of carbonyl (C=O) groups is 1. The Hall–Kier alpha value is -1.65. The van der Waals surface area contributed by atoms with Crippen molar-refractivity contribution in [2.24, 2.45) is 0 Å². The van der Waals surface area contributed by atoms with Crippen molar-refractivity contribution in [2.45, 2.75) is 0 Å². The molecule has 0 saturated carbocycles. The smallest absolute Gasteiger partial charge is 0.248 e. The zero-order valence-electron chi connectivity index (χ0n) is 10.2. The van der Waals surface area contributed by atoms with Gasteiger partial charge in [-0.3, -0.25) is 4.79 Å². The van der Waals surface area contributed by atoms with Crippen LogP contribution in [0.4, 0.5) is 10.1 Å². The SMILES string of the molecule is O=C(/C=C/c1ccc(Cl)cc1)Nc1ccc(F)c(Br)c1. The van der Waals surface area contributed by atoms with E-state index in [2.05, 4.69) is 21.2 Å². The van der Waals surface area contributed by atoms with Crippen molar-refractivity contribution >= 4 is 45.2 Å². The fourth-order valence-corrected chi connectivity index (χ4v) is 2.01. The number of rotatable bonds is 3. The molecule has 2 aromatic carbocycles. The first kappa shape index (κ1) is 14.8. The average molecular weight is 355 g/mol. The maximum Gasteiger partial charge on any atom is 0.248 e. The lowest BCUT2D eigenvalue weighted by Crippen LogP contribution is -2.07. The number of anilines is 1. The third kappa shape index (κ3) is 4.18. The Morgan fingerprint density at radius 2 is 1.90 bits per heavy atom. The lowest BCUT2D eigenvalue weighted by Gasteiger charge is -2.03. The van der Waals surface area contributed by atoms with Crippen molar-refractivity contribution in [3.8, 4) is 0 Å². The van der Waals surface area contributed by atoms with Crippen LogP contribution in [-0.2, 0) is 4.79 Å². The highest BCUT2D eigenvalue weighted by atomic mass is 79.9. The van der Waals surface area contributed by atoms with Gasteiger partial charge >= 0.3 is 0 Å². The minimum absolute atomic E-state index is 0.293. The summed E-state index contributed by atoms with van der Waals surface area (Å²) in [6.45, 7) is 0. The fourth-order valence-electron chi connectivity index (χ4n) is 1.50. The number of hydrogen-bond acceptors (Lipinski definition) is 1. The van der Waals surface area contributed by atoms with Crippen LogP contribution in [0.2, 0.25) is 5.02 Å². The molecule has 0 spiro atoms. The van der Waals surface area contributed by atoms with E-state index < -0.39 is 0 Å². The van der Waals surface area contributed by atoms with Crippen LogP contribution in [-0.4, -0.2) is 5.91 Å². The molecular formula is C15H10BrClFNO. The van der Waals surface area contributed by atoms with Crippen molar-refractivity contribution in [1.82, 2.24) is 0 Å². The van der Waals surface area contributed by atoms with Gasteiger partial charge in [-0.25, -0.2) is 4.39 Å². The summed E-state index contributed by atoms with van der Waals surface area (Å²) in [6, 6.07) is 11.4. The quantitative estimate of drug-likeness (QED) is 0.781. The van der Waals surface area contributed by atoms with E-state index in [9.17, 15) is 9.18 Å². The molecule has 0 aliphatic rings. The molecule has 0 unspecified atom stereocenters. The monoisotopic (exact) mass is 353 g/mol. The number of hydrogen-bond donors (Lipinski definition) is 1. The second-order valence-corrected chi connectivity index (χ2v) is 5.29. The van der Waals surface area contributed by atoms with Crippen molar-refractivity contribution in [3.05, 3.63) is 69.4 Å². The summed E-state index contributed by atoms with van der Waals surface area (Å²) in [5.74, 6) is -0.668. The molecule has 2 nitrogen and oxygen atoms in total. The fraction of sp³-hybridized carbons (Fsp3) is 0. The molecule has 0 bridgehead atoms. The van der Waals surface area contributed by atoms with E-state index in [1.54, 1.807) is 30.3 Å². The molecule has 0 saturated heterocycles. The summed E-state index contributed by atoms with van der Waals surface area (Å²) in [7, 11) is 0. The number of carbonyl (C=O) groups excluding carboxylic acids is 1. The van der Waals surface area contributed by atoms with Gasteiger partial charge in [-0.2, -0.15) is 0 Å². The first-order chi connectivity index (χ1) is 9.54. The van der Waals surface area contributed by atoms with E-state index in [4.69, 9.17) is 11.6 Å². The Balaban J connectivity index is 2.01. The Morgan fingerprint density at radius 1 is 1.20 bits per heavy atom. The van der Waals surface area contributed by atoms with E-state index >= 15 is 0 Å². The number of amides is 1. The number of nitrogens with one attached hydrogen (secondary N) is 1. The highest BCUT2D eigenvalue weighted by molar-refractivity contribution is 9.10. The molecule has 0 aliphatic carbocycles. The van der Waals surface area contributed by atoms with Gasteiger partial charge in [-0.15, -0.1) is 0 Å². The van der Waals surface area contributed by atoms with Crippen LogP contribution in [0.3, 0.4) is 0 Å². The summed E-state index contributed by atoms with van der Waals surface area (Å²) < 4.78 is 13.4. The standard InChI is InChI=1S/C15H10BrClFNO/c16-13-9-12(6-7-14(13)18)19-15(20)8-3-10-1-4-11(17)5-2-10/h1-9H,(H,19,20)/b8-3+. The van der Waals surface area contributed by atoms with E-state index in [1.165, 1.54) is 24.3 Å². The van der Waals surface area contributed by atoms with Crippen LogP contribution >= 0.6 is 27.5 Å². The van der Waals surface area contributed by atoms with Crippen LogP contribution in [0, 0.1) is 5.82 Å². The van der Waals surface area contributed by atoms with E-state index in [-0.39, 0.29) is 11.7 Å². The van der Waals surface area contributed by atoms with Gasteiger partial charge in [0.1, 0.15) is 5.82 Å². The number of halogens is 3. The molecule has 0 aliphatic heterocycles. The zero-order valence-corrected chi connectivity index (χ0v) is 12.6. The summed E-state index contributed by atoms with van der Waals surface area (Å²) in [5, 5.41) is 3.28. The largest absolute Gasteiger partial charge is 0.322 e. The van der Waals surface area contributed by atoms with Gasteiger partial charge in [0, 0.05) is 16.8 Å². The Kier molecular flexibility index (Phi) is 4.93. The average Bonchev–Trinajstić information content (AvgIpc) is 2.42. The molecule has 1 amide bonds. The van der Waals surface area contributed by atoms with Gasteiger partial charge in [0.25, 0.3) is 0 Å². The van der Waals surface area contributed by atoms with Crippen molar-refractivity contribution in [3.63, 3.8) is 0 Å². The minimum atomic E-state index is -0.375. The highest BCUT2D eigenvalue weighted by Crippen LogP contribution is 2.20. The normalized spacial score (nSPS) is 10.8. The van der Waals surface area contributed by atoms with E-state index in [1.807, 2.05) is 0 Å². The molecule has 0 atom stereocenters. The van der Waals surface area contributed by atoms with Crippen molar-refractivity contribution < 1.29 is 9.18 Å². The molecule has 20 heavy (non-hydrogen) atoms. The molecule has 2 rings (SSSR count). The predicted octanol–water partition coefficient (Wildman–Crippen LogP) is 4.89. The molecule has 102 valence electrons. The van der Waals surface area contributed by atoms with Crippen LogP contribution in [0.25, 0.3) is 6.08 Å². The minimum Gasteiger partial charge on any atom is -0.322 e. The third-order valence-electron chi connectivity index (χ3n) is 2.48. The first-order valence-electron chi connectivity index (χ1n) is 5.74. The lowest BCUT2D eigenvalue weighted by atomic mass is 10.2.